The zero-order valence-electron chi connectivity index (χ0n) is 13.5. The minimum atomic E-state index is -0.406. The molecule has 1 saturated carbocycles. The molecule has 0 aromatic carbocycles. The van der Waals surface area contributed by atoms with Gasteiger partial charge in [-0.1, -0.05) is 49.8 Å². The first-order chi connectivity index (χ1) is 10.5. The third-order valence-electron chi connectivity index (χ3n) is 4.48. The standard InChI is InChI=1S/C18H25NO3/c1-13(8-10-14-6-4-3-5-7-14)9-11-15(20)17-16(21)12-19(2)18(17)22/h8-9,11,14,20H,3-7,10,12H2,1-2H3/b11-9+,13-8+,17-15?. The van der Waals surface area contributed by atoms with Gasteiger partial charge in [0.15, 0.2) is 5.78 Å². The lowest BCUT2D eigenvalue weighted by Crippen LogP contribution is -2.19. The molecule has 1 heterocycles. The Kier molecular flexibility index (Phi) is 5.58. The summed E-state index contributed by atoms with van der Waals surface area (Å²) in [5.74, 6) is -0.185. The van der Waals surface area contributed by atoms with E-state index in [0.29, 0.717) is 0 Å². The summed E-state index contributed by atoms with van der Waals surface area (Å²) >= 11 is 0. The Balaban J connectivity index is 1.97. The van der Waals surface area contributed by atoms with E-state index in [0.717, 1.165) is 17.9 Å². The summed E-state index contributed by atoms with van der Waals surface area (Å²) in [6.45, 7) is 2.02. The van der Waals surface area contributed by atoms with Gasteiger partial charge in [0.2, 0.25) is 0 Å². The van der Waals surface area contributed by atoms with Gasteiger partial charge in [0.25, 0.3) is 5.91 Å². The molecule has 1 amide bonds. The van der Waals surface area contributed by atoms with Crippen LogP contribution in [-0.4, -0.2) is 35.3 Å². The van der Waals surface area contributed by atoms with Crippen LogP contribution >= 0.6 is 0 Å². The average molecular weight is 303 g/mol. The summed E-state index contributed by atoms with van der Waals surface area (Å²) in [6, 6.07) is 0. The predicted molar refractivity (Wildman–Crippen MR) is 86.4 cm³/mol. The highest BCUT2D eigenvalue weighted by Crippen LogP contribution is 2.27. The lowest BCUT2D eigenvalue weighted by molar-refractivity contribution is -0.123. The number of rotatable bonds is 4. The molecule has 4 heteroatoms. The van der Waals surface area contributed by atoms with Gasteiger partial charge in [-0.3, -0.25) is 9.59 Å². The normalized spacial score (nSPS) is 23.7. The molecule has 0 bridgehead atoms. The van der Waals surface area contributed by atoms with Gasteiger partial charge >= 0.3 is 0 Å². The molecule has 0 atom stereocenters. The number of aliphatic hydroxyl groups is 1. The number of likely N-dealkylation sites (N-methyl/N-ethyl adjacent to an activating group) is 1. The fraction of sp³-hybridized carbons (Fsp3) is 0.556. The van der Waals surface area contributed by atoms with Crippen molar-refractivity contribution in [3.8, 4) is 0 Å². The highest BCUT2D eigenvalue weighted by atomic mass is 16.3. The van der Waals surface area contributed by atoms with Crippen LogP contribution in [0.15, 0.2) is 35.1 Å². The number of hydrogen-bond acceptors (Lipinski definition) is 3. The lowest BCUT2D eigenvalue weighted by Gasteiger charge is -2.19. The van der Waals surface area contributed by atoms with Gasteiger partial charge in [0.05, 0.1) is 6.54 Å². The summed E-state index contributed by atoms with van der Waals surface area (Å²) in [5, 5.41) is 9.97. The molecule has 1 aliphatic heterocycles. The highest BCUT2D eigenvalue weighted by Gasteiger charge is 2.33. The van der Waals surface area contributed by atoms with Crippen molar-refractivity contribution in [2.45, 2.75) is 45.4 Å². The minimum absolute atomic E-state index is 0.0442. The Bertz CT molecular complexity index is 537. The number of amides is 1. The number of carbonyl (C=O) groups excluding carboxylic acids is 2. The number of aliphatic hydroxyl groups excluding tert-OH is 1. The van der Waals surface area contributed by atoms with Crippen LogP contribution in [0.4, 0.5) is 0 Å². The van der Waals surface area contributed by atoms with Crippen LogP contribution in [0.5, 0.6) is 0 Å². The number of ketones is 1. The zero-order chi connectivity index (χ0) is 16.1. The van der Waals surface area contributed by atoms with Gasteiger partial charge < -0.3 is 10.0 Å². The molecule has 1 aliphatic carbocycles. The van der Waals surface area contributed by atoms with Crippen molar-refractivity contribution in [3.05, 3.63) is 35.1 Å². The van der Waals surface area contributed by atoms with E-state index < -0.39 is 5.91 Å². The Morgan fingerprint density at radius 2 is 1.91 bits per heavy atom. The second kappa shape index (κ2) is 7.43. The first kappa shape index (κ1) is 16.5. The van der Waals surface area contributed by atoms with Crippen LogP contribution < -0.4 is 0 Å². The second-order valence-corrected chi connectivity index (χ2v) is 6.37. The van der Waals surface area contributed by atoms with Crippen molar-refractivity contribution in [2.24, 2.45) is 5.92 Å². The molecule has 22 heavy (non-hydrogen) atoms. The van der Waals surface area contributed by atoms with E-state index in [2.05, 4.69) is 6.08 Å². The molecular formula is C18H25NO3. The molecule has 2 fully saturated rings. The zero-order valence-corrected chi connectivity index (χ0v) is 13.5. The molecule has 120 valence electrons. The van der Waals surface area contributed by atoms with Gasteiger partial charge in [0, 0.05) is 7.05 Å². The first-order valence-electron chi connectivity index (χ1n) is 8.05. The first-order valence-corrected chi connectivity index (χ1v) is 8.05. The van der Waals surface area contributed by atoms with E-state index in [1.54, 1.807) is 13.1 Å². The average Bonchev–Trinajstić information content (AvgIpc) is 2.76. The Morgan fingerprint density at radius 1 is 1.23 bits per heavy atom. The van der Waals surface area contributed by atoms with E-state index in [-0.39, 0.29) is 23.7 Å². The summed E-state index contributed by atoms with van der Waals surface area (Å²) in [7, 11) is 1.56. The van der Waals surface area contributed by atoms with Crippen molar-refractivity contribution < 1.29 is 14.7 Å². The molecule has 0 aromatic heterocycles. The number of likely N-dealkylation sites (tertiary alicyclic amines) is 1. The van der Waals surface area contributed by atoms with Crippen LogP contribution in [0, 0.1) is 5.92 Å². The second-order valence-electron chi connectivity index (χ2n) is 6.37. The molecule has 0 spiro atoms. The summed E-state index contributed by atoms with van der Waals surface area (Å²) in [4.78, 5) is 24.8. The smallest absolute Gasteiger partial charge is 0.261 e. The summed E-state index contributed by atoms with van der Waals surface area (Å²) < 4.78 is 0. The number of nitrogens with zero attached hydrogens (tertiary/aromatic N) is 1. The van der Waals surface area contributed by atoms with Crippen LogP contribution in [0.2, 0.25) is 0 Å². The highest BCUT2D eigenvalue weighted by molar-refractivity contribution is 6.25. The third kappa shape index (κ3) is 4.09. The number of hydrogen-bond donors (Lipinski definition) is 1. The van der Waals surface area contributed by atoms with Crippen LogP contribution in [-0.2, 0) is 9.59 Å². The summed E-state index contributed by atoms with van der Waals surface area (Å²) in [5.41, 5.74) is 0.947. The Labute approximate surface area is 132 Å². The van der Waals surface area contributed by atoms with E-state index in [4.69, 9.17) is 0 Å². The monoisotopic (exact) mass is 303 g/mol. The van der Waals surface area contributed by atoms with E-state index >= 15 is 0 Å². The van der Waals surface area contributed by atoms with Gasteiger partial charge in [-0.25, -0.2) is 0 Å². The molecule has 0 radical (unpaired) electrons. The lowest BCUT2D eigenvalue weighted by atomic mass is 9.86. The quantitative estimate of drug-likeness (QED) is 0.375. The van der Waals surface area contributed by atoms with Crippen molar-refractivity contribution in [3.63, 3.8) is 0 Å². The molecule has 1 saturated heterocycles. The molecule has 2 rings (SSSR count). The van der Waals surface area contributed by atoms with Crippen molar-refractivity contribution >= 4 is 11.7 Å². The van der Waals surface area contributed by atoms with E-state index in [9.17, 15) is 14.7 Å². The van der Waals surface area contributed by atoms with Crippen LogP contribution in [0.25, 0.3) is 0 Å². The Morgan fingerprint density at radius 3 is 2.50 bits per heavy atom. The van der Waals surface area contributed by atoms with Crippen molar-refractivity contribution in [1.82, 2.24) is 4.90 Å². The predicted octanol–water partition coefficient (Wildman–Crippen LogP) is 3.31. The maximum atomic E-state index is 11.8. The van der Waals surface area contributed by atoms with Gasteiger partial charge in [0.1, 0.15) is 11.3 Å². The van der Waals surface area contributed by atoms with Gasteiger partial charge in [-0.15, -0.1) is 0 Å². The third-order valence-corrected chi connectivity index (χ3v) is 4.48. The molecule has 0 unspecified atom stereocenters. The Hall–Kier alpha value is -1.84. The molecule has 0 aromatic rings. The van der Waals surface area contributed by atoms with Crippen molar-refractivity contribution in [2.75, 3.05) is 13.6 Å². The van der Waals surface area contributed by atoms with Gasteiger partial charge in [-0.05, 0) is 25.3 Å². The SMILES string of the molecule is CC(/C=C/C(O)=C1C(=O)CN(C)C1=O)=C\CC1CCCCC1. The largest absolute Gasteiger partial charge is 0.507 e. The molecular weight excluding hydrogens is 278 g/mol. The maximum Gasteiger partial charge on any atom is 0.261 e. The number of allylic oxidation sites excluding steroid dienone is 4. The van der Waals surface area contributed by atoms with Crippen LogP contribution in [0.1, 0.15) is 45.4 Å². The maximum absolute atomic E-state index is 11.8. The molecule has 2 aliphatic rings. The topological polar surface area (TPSA) is 57.6 Å². The van der Waals surface area contributed by atoms with Crippen LogP contribution in [0.3, 0.4) is 0 Å². The summed E-state index contributed by atoms with van der Waals surface area (Å²) in [6.07, 6.45) is 13.1. The van der Waals surface area contributed by atoms with Crippen molar-refractivity contribution in [1.29, 1.82) is 0 Å². The minimum Gasteiger partial charge on any atom is -0.507 e. The number of Topliss-reactive ketones (excluding diaryl/α,β-unsaturated/α-hetero) is 1. The fourth-order valence-electron chi connectivity index (χ4n) is 3.07. The van der Waals surface area contributed by atoms with E-state index in [1.165, 1.54) is 43.1 Å². The molecule has 1 N–H and O–H groups in total. The van der Waals surface area contributed by atoms with E-state index in [1.807, 2.05) is 6.92 Å². The molecule has 4 nitrogen and oxygen atoms in total. The van der Waals surface area contributed by atoms with Gasteiger partial charge in [-0.2, -0.15) is 0 Å². The fourth-order valence-corrected chi connectivity index (χ4v) is 3.07. The number of carbonyl (C=O) groups is 2.